The predicted octanol–water partition coefficient (Wildman–Crippen LogP) is 1.62. The van der Waals surface area contributed by atoms with Crippen molar-refractivity contribution in [3.05, 3.63) is 35.9 Å². The van der Waals surface area contributed by atoms with Gasteiger partial charge in [-0.25, -0.2) is 0 Å². The molecule has 1 rings (SSSR count). The first kappa shape index (κ1) is 12.4. The van der Waals surface area contributed by atoms with Gasteiger partial charge < -0.3 is 10.5 Å². The van der Waals surface area contributed by atoms with E-state index in [1.807, 2.05) is 18.2 Å². The van der Waals surface area contributed by atoms with Crippen molar-refractivity contribution in [2.75, 3.05) is 13.7 Å². The summed E-state index contributed by atoms with van der Waals surface area (Å²) in [6, 6.07) is 10.3. The Bertz CT molecular complexity index is 215. The van der Waals surface area contributed by atoms with Gasteiger partial charge in [0.25, 0.3) is 0 Å². The van der Waals surface area contributed by atoms with Crippen LogP contribution in [0.1, 0.15) is 5.56 Å². The summed E-state index contributed by atoms with van der Waals surface area (Å²) < 4.78 is 4.95. The van der Waals surface area contributed by atoms with Crippen molar-refractivity contribution in [1.82, 2.24) is 0 Å². The number of benzene rings is 1. The van der Waals surface area contributed by atoms with Crippen LogP contribution < -0.4 is 5.73 Å². The van der Waals surface area contributed by atoms with Crippen molar-refractivity contribution < 1.29 is 4.74 Å². The quantitative estimate of drug-likeness (QED) is 0.804. The van der Waals surface area contributed by atoms with Crippen molar-refractivity contribution in [3.63, 3.8) is 0 Å². The van der Waals surface area contributed by atoms with Crippen molar-refractivity contribution >= 4 is 12.4 Å². The number of hydrogen-bond acceptors (Lipinski definition) is 2. The van der Waals surface area contributed by atoms with Crippen molar-refractivity contribution in [2.45, 2.75) is 12.5 Å². The fraction of sp³-hybridized carbons (Fsp3) is 0.400. The maximum absolute atomic E-state index is 5.79. The topological polar surface area (TPSA) is 35.2 Å². The van der Waals surface area contributed by atoms with Crippen molar-refractivity contribution in [3.8, 4) is 0 Å². The second-order valence-electron chi connectivity index (χ2n) is 2.91. The van der Waals surface area contributed by atoms with E-state index in [0.717, 1.165) is 6.42 Å². The third-order valence-electron chi connectivity index (χ3n) is 1.72. The molecule has 13 heavy (non-hydrogen) atoms. The molecule has 2 N–H and O–H groups in total. The number of hydrogen-bond donors (Lipinski definition) is 1. The summed E-state index contributed by atoms with van der Waals surface area (Å²) in [7, 11) is 1.67. The highest BCUT2D eigenvalue weighted by molar-refractivity contribution is 5.85. The van der Waals surface area contributed by atoms with Crippen LogP contribution >= 0.6 is 12.4 Å². The summed E-state index contributed by atoms with van der Waals surface area (Å²) >= 11 is 0. The third-order valence-corrected chi connectivity index (χ3v) is 1.72. The number of ether oxygens (including phenoxy) is 1. The van der Waals surface area contributed by atoms with Gasteiger partial charge in [0.1, 0.15) is 0 Å². The SMILES string of the molecule is COC[C@H](N)Cc1ccccc1.Cl. The Hall–Kier alpha value is -0.570. The smallest absolute Gasteiger partial charge is 0.0616 e. The lowest BCUT2D eigenvalue weighted by Crippen LogP contribution is -2.27. The minimum absolute atomic E-state index is 0. The van der Waals surface area contributed by atoms with E-state index in [4.69, 9.17) is 10.5 Å². The zero-order valence-electron chi connectivity index (χ0n) is 7.77. The lowest BCUT2D eigenvalue weighted by atomic mass is 10.1. The molecule has 1 atom stereocenters. The summed E-state index contributed by atoms with van der Waals surface area (Å²) in [4.78, 5) is 0. The number of rotatable bonds is 4. The molecule has 0 aromatic heterocycles. The van der Waals surface area contributed by atoms with Crippen LogP contribution in [0.4, 0.5) is 0 Å². The van der Waals surface area contributed by atoms with E-state index < -0.39 is 0 Å². The number of methoxy groups -OCH3 is 1. The Balaban J connectivity index is 0.00000144. The molecule has 0 amide bonds. The Morgan fingerprint density at radius 3 is 2.46 bits per heavy atom. The van der Waals surface area contributed by atoms with Crippen LogP contribution in [0.15, 0.2) is 30.3 Å². The van der Waals surface area contributed by atoms with Crippen LogP contribution in [0.5, 0.6) is 0 Å². The van der Waals surface area contributed by atoms with Gasteiger partial charge >= 0.3 is 0 Å². The Morgan fingerprint density at radius 2 is 1.92 bits per heavy atom. The molecule has 0 spiro atoms. The molecule has 0 aliphatic rings. The van der Waals surface area contributed by atoms with Gasteiger partial charge in [0, 0.05) is 13.2 Å². The van der Waals surface area contributed by atoms with E-state index in [9.17, 15) is 0 Å². The molecular formula is C10H16ClNO. The van der Waals surface area contributed by atoms with Gasteiger partial charge in [0.2, 0.25) is 0 Å². The molecule has 0 aliphatic heterocycles. The molecular weight excluding hydrogens is 186 g/mol. The van der Waals surface area contributed by atoms with Crippen LogP contribution in [0, 0.1) is 0 Å². The highest BCUT2D eigenvalue weighted by Gasteiger charge is 2.01. The third kappa shape index (κ3) is 4.88. The maximum Gasteiger partial charge on any atom is 0.0616 e. The summed E-state index contributed by atoms with van der Waals surface area (Å²) in [5, 5.41) is 0. The van der Waals surface area contributed by atoms with E-state index >= 15 is 0 Å². The summed E-state index contributed by atoms with van der Waals surface area (Å²) in [6.07, 6.45) is 0.884. The molecule has 0 saturated carbocycles. The van der Waals surface area contributed by atoms with Crippen molar-refractivity contribution in [2.24, 2.45) is 5.73 Å². The zero-order chi connectivity index (χ0) is 8.81. The van der Waals surface area contributed by atoms with Crippen LogP contribution in [0.25, 0.3) is 0 Å². The van der Waals surface area contributed by atoms with Gasteiger partial charge in [-0.3, -0.25) is 0 Å². The summed E-state index contributed by atoms with van der Waals surface area (Å²) in [5.41, 5.74) is 7.06. The van der Waals surface area contributed by atoms with E-state index in [-0.39, 0.29) is 18.4 Å². The normalized spacial score (nSPS) is 11.8. The average Bonchev–Trinajstić information content (AvgIpc) is 2.06. The van der Waals surface area contributed by atoms with Crippen LogP contribution in [0.2, 0.25) is 0 Å². The highest BCUT2D eigenvalue weighted by Crippen LogP contribution is 2.01. The molecule has 0 heterocycles. The first-order chi connectivity index (χ1) is 5.83. The molecule has 1 aromatic carbocycles. The summed E-state index contributed by atoms with van der Waals surface area (Å²) in [5.74, 6) is 0. The first-order valence-electron chi connectivity index (χ1n) is 4.11. The Kier molecular flexibility index (Phi) is 6.59. The minimum Gasteiger partial charge on any atom is -0.383 e. The molecule has 0 fully saturated rings. The lowest BCUT2D eigenvalue weighted by molar-refractivity contribution is 0.180. The zero-order valence-corrected chi connectivity index (χ0v) is 8.59. The molecule has 0 unspecified atom stereocenters. The Morgan fingerprint density at radius 1 is 1.31 bits per heavy atom. The summed E-state index contributed by atoms with van der Waals surface area (Å²) in [6.45, 7) is 0.620. The fourth-order valence-electron chi connectivity index (χ4n) is 1.19. The number of halogens is 1. The minimum atomic E-state index is 0. The fourth-order valence-corrected chi connectivity index (χ4v) is 1.19. The average molecular weight is 202 g/mol. The van der Waals surface area contributed by atoms with E-state index in [1.54, 1.807) is 7.11 Å². The number of nitrogens with two attached hydrogens (primary N) is 1. The van der Waals surface area contributed by atoms with Crippen LogP contribution in [0.3, 0.4) is 0 Å². The van der Waals surface area contributed by atoms with Gasteiger partial charge in [-0.2, -0.15) is 0 Å². The molecule has 0 radical (unpaired) electrons. The van der Waals surface area contributed by atoms with Crippen LogP contribution in [-0.4, -0.2) is 19.8 Å². The molecule has 0 aliphatic carbocycles. The predicted molar refractivity (Wildman–Crippen MR) is 57.2 cm³/mol. The van der Waals surface area contributed by atoms with Gasteiger partial charge in [-0.15, -0.1) is 12.4 Å². The van der Waals surface area contributed by atoms with Crippen LogP contribution in [-0.2, 0) is 11.2 Å². The molecule has 74 valence electrons. The molecule has 0 saturated heterocycles. The van der Waals surface area contributed by atoms with E-state index in [0.29, 0.717) is 6.61 Å². The van der Waals surface area contributed by atoms with Gasteiger partial charge in [-0.05, 0) is 12.0 Å². The van der Waals surface area contributed by atoms with Gasteiger partial charge in [0.05, 0.1) is 6.61 Å². The molecule has 0 bridgehead atoms. The van der Waals surface area contributed by atoms with Crippen molar-refractivity contribution in [1.29, 1.82) is 0 Å². The maximum atomic E-state index is 5.79. The van der Waals surface area contributed by atoms with E-state index in [1.165, 1.54) is 5.56 Å². The molecule has 3 heteroatoms. The highest BCUT2D eigenvalue weighted by atomic mass is 35.5. The lowest BCUT2D eigenvalue weighted by Gasteiger charge is -2.09. The second kappa shape index (κ2) is 6.89. The largest absolute Gasteiger partial charge is 0.383 e. The second-order valence-corrected chi connectivity index (χ2v) is 2.91. The first-order valence-corrected chi connectivity index (χ1v) is 4.11. The van der Waals surface area contributed by atoms with Gasteiger partial charge in [-0.1, -0.05) is 30.3 Å². The molecule has 1 aromatic rings. The molecule has 2 nitrogen and oxygen atoms in total. The monoisotopic (exact) mass is 201 g/mol. The van der Waals surface area contributed by atoms with E-state index in [2.05, 4.69) is 12.1 Å². The van der Waals surface area contributed by atoms with Gasteiger partial charge in [0.15, 0.2) is 0 Å². The standard InChI is InChI=1S/C10H15NO.ClH/c1-12-8-10(11)7-9-5-3-2-4-6-9;/h2-6,10H,7-8,11H2,1H3;1H/t10-;/m1./s1. The Labute approximate surface area is 85.5 Å².